The number of anilines is 1. The van der Waals surface area contributed by atoms with Crippen LogP contribution in [0, 0.1) is 0 Å². The summed E-state index contributed by atoms with van der Waals surface area (Å²) in [7, 11) is -0.726. The Balaban J connectivity index is 1.88. The molecule has 0 saturated heterocycles. The van der Waals surface area contributed by atoms with E-state index in [9.17, 15) is 4.21 Å². The first-order chi connectivity index (χ1) is 10.3. The fourth-order valence-corrected chi connectivity index (χ4v) is 3.42. The van der Waals surface area contributed by atoms with E-state index >= 15 is 0 Å². The summed E-state index contributed by atoms with van der Waals surface area (Å²) >= 11 is 0. The second-order valence-electron chi connectivity index (χ2n) is 5.47. The molecule has 4 nitrogen and oxygen atoms in total. The summed E-state index contributed by atoms with van der Waals surface area (Å²) in [5, 5.41) is 3.53. The summed E-state index contributed by atoms with van der Waals surface area (Å²) in [6.45, 7) is 1.89. The van der Waals surface area contributed by atoms with Crippen molar-refractivity contribution in [3.63, 3.8) is 0 Å². The first kappa shape index (κ1) is 14.3. The van der Waals surface area contributed by atoms with E-state index in [0.717, 1.165) is 37.4 Å². The largest absolute Gasteiger partial charge is 0.384 e. The second-order valence-corrected chi connectivity index (χ2v) is 7.03. The topological polar surface area (TPSA) is 46.9 Å². The molecule has 112 valence electrons. The monoisotopic (exact) mass is 303 g/mol. The Bertz CT molecular complexity index is 651. The summed E-state index contributed by atoms with van der Waals surface area (Å²) in [6, 6.07) is 6.48. The van der Waals surface area contributed by atoms with Gasteiger partial charge in [0, 0.05) is 47.1 Å². The normalized spacial score (nSPS) is 15.3. The smallest absolute Gasteiger partial charge is 0.0950 e. The van der Waals surface area contributed by atoms with Crippen molar-refractivity contribution in [1.82, 2.24) is 9.55 Å². The number of nitrogens with zero attached hydrogens (tertiary/aromatic N) is 2. The first-order valence-corrected chi connectivity index (χ1v) is 9.15. The number of hydrogen-bond acceptors (Lipinski definition) is 3. The predicted molar refractivity (Wildman–Crippen MR) is 88.0 cm³/mol. The summed E-state index contributed by atoms with van der Waals surface area (Å²) in [5.74, 6) is 0.739. The van der Waals surface area contributed by atoms with Crippen LogP contribution >= 0.6 is 0 Å². The molecule has 0 spiro atoms. The third-order valence-electron chi connectivity index (χ3n) is 3.89. The highest BCUT2D eigenvalue weighted by Crippen LogP contribution is 2.33. The highest BCUT2D eigenvalue weighted by atomic mass is 32.2. The van der Waals surface area contributed by atoms with Gasteiger partial charge in [0.05, 0.1) is 18.2 Å². The third-order valence-corrected chi connectivity index (χ3v) is 4.76. The molecule has 1 aliphatic heterocycles. The highest BCUT2D eigenvalue weighted by molar-refractivity contribution is 7.84. The Hall–Kier alpha value is -1.62. The molecular weight excluding hydrogens is 282 g/mol. The molecule has 1 aromatic heterocycles. The highest BCUT2D eigenvalue weighted by Gasteiger charge is 2.15. The number of rotatable bonds is 5. The summed E-state index contributed by atoms with van der Waals surface area (Å²) in [5.41, 5.74) is 5.01. The van der Waals surface area contributed by atoms with Gasteiger partial charge >= 0.3 is 0 Å². The maximum atomic E-state index is 11.2. The van der Waals surface area contributed by atoms with Crippen molar-refractivity contribution < 1.29 is 4.21 Å². The predicted octanol–water partition coefficient (Wildman–Crippen LogP) is 2.68. The van der Waals surface area contributed by atoms with Gasteiger partial charge in [0.25, 0.3) is 0 Å². The average Bonchev–Trinajstić information content (AvgIpc) is 2.94. The molecule has 0 fully saturated rings. The quantitative estimate of drug-likeness (QED) is 0.924. The number of aryl methyl sites for hydroxylation is 2. The van der Waals surface area contributed by atoms with Crippen molar-refractivity contribution in [2.75, 3.05) is 23.9 Å². The van der Waals surface area contributed by atoms with Crippen molar-refractivity contribution in [2.45, 2.75) is 25.8 Å². The standard InChI is InChI=1S/C16H21N3OS/c1-21(20)10-4-9-19-12-17-11-15(19)14-7-2-5-13-6-3-8-18-16(13)14/h2,5,7,11-12,18H,3-4,6,8-10H2,1H3. The Morgan fingerprint density at radius 3 is 3.19 bits per heavy atom. The van der Waals surface area contributed by atoms with Crippen molar-refractivity contribution in [1.29, 1.82) is 0 Å². The molecule has 21 heavy (non-hydrogen) atoms. The number of fused-ring (bicyclic) bond motifs is 1. The van der Waals surface area contributed by atoms with Gasteiger partial charge in [-0.3, -0.25) is 4.21 Å². The van der Waals surface area contributed by atoms with E-state index in [1.165, 1.54) is 23.2 Å². The number of imidazole rings is 1. The molecule has 1 aliphatic rings. The maximum Gasteiger partial charge on any atom is 0.0950 e. The first-order valence-electron chi connectivity index (χ1n) is 7.42. The minimum atomic E-state index is -0.726. The van der Waals surface area contributed by atoms with Crippen molar-refractivity contribution in [3.8, 4) is 11.3 Å². The molecule has 5 heteroatoms. The lowest BCUT2D eigenvalue weighted by Gasteiger charge is -2.21. The van der Waals surface area contributed by atoms with Gasteiger partial charge in [-0.1, -0.05) is 18.2 Å². The van der Waals surface area contributed by atoms with Gasteiger partial charge in [-0.25, -0.2) is 4.98 Å². The van der Waals surface area contributed by atoms with Crippen LogP contribution in [-0.4, -0.2) is 32.3 Å². The van der Waals surface area contributed by atoms with Crippen LogP contribution < -0.4 is 5.32 Å². The zero-order valence-electron chi connectivity index (χ0n) is 12.3. The molecule has 0 saturated carbocycles. The van der Waals surface area contributed by atoms with Gasteiger partial charge in [-0.15, -0.1) is 0 Å². The van der Waals surface area contributed by atoms with Crippen LogP contribution in [0.5, 0.6) is 0 Å². The van der Waals surface area contributed by atoms with Gasteiger partial charge in [-0.05, 0) is 24.8 Å². The van der Waals surface area contributed by atoms with Gasteiger partial charge in [-0.2, -0.15) is 0 Å². The fraction of sp³-hybridized carbons (Fsp3) is 0.438. The summed E-state index contributed by atoms with van der Waals surface area (Å²) in [4.78, 5) is 4.30. The number of hydrogen-bond donors (Lipinski definition) is 1. The Morgan fingerprint density at radius 2 is 2.33 bits per heavy atom. The van der Waals surface area contributed by atoms with E-state index < -0.39 is 10.8 Å². The van der Waals surface area contributed by atoms with Crippen molar-refractivity contribution >= 4 is 16.5 Å². The Labute approximate surface area is 128 Å². The van der Waals surface area contributed by atoms with Crippen LogP contribution in [0.15, 0.2) is 30.7 Å². The average molecular weight is 303 g/mol. The molecule has 2 aromatic rings. The molecule has 0 amide bonds. The number of nitrogens with one attached hydrogen (secondary N) is 1. The molecule has 0 aliphatic carbocycles. The van der Waals surface area contributed by atoms with Crippen LogP contribution in [0.25, 0.3) is 11.3 Å². The molecule has 3 rings (SSSR count). The lowest BCUT2D eigenvalue weighted by atomic mass is 9.98. The molecule has 1 atom stereocenters. The van der Waals surface area contributed by atoms with Crippen molar-refractivity contribution in [3.05, 3.63) is 36.3 Å². The number of benzene rings is 1. The SMILES string of the molecule is CS(=O)CCCn1cncc1-c1cccc2c1NCCC2. The number of aromatic nitrogens is 2. The minimum Gasteiger partial charge on any atom is -0.384 e. The van der Waals surface area contributed by atoms with E-state index in [2.05, 4.69) is 33.1 Å². The fourth-order valence-electron chi connectivity index (χ4n) is 2.88. The molecule has 2 heterocycles. The lowest BCUT2D eigenvalue weighted by molar-refractivity contribution is 0.663. The number of para-hydroxylation sites is 1. The van der Waals surface area contributed by atoms with Gasteiger partial charge < -0.3 is 9.88 Å². The minimum absolute atomic E-state index is 0.726. The van der Waals surface area contributed by atoms with E-state index in [1.54, 1.807) is 6.26 Å². The van der Waals surface area contributed by atoms with Crippen LogP contribution in [0.3, 0.4) is 0 Å². The van der Waals surface area contributed by atoms with Gasteiger partial charge in [0.1, 0.15) is 0 Å². The van der Waals surface area contributed by atoms with E-state index in [1.807, 2.05) is 12.5 Å². The Morgan fingerprint density at radius 1 is 1.43 bits per heavy atom. The molecule has 0 radical (unpaired) electrons. The van der Waals surface area contributed by atoms with Gasteiger partial charge in [0.15, 0.2) is 0 Å². The second kappa shape index (κ2) is 6.43. The molecular formula is C16H21N3OS. The van der Waals surface area contributed by atoms with Crippen LogP contribution in [0.2, 0.25) is 0 Å². The van der Waals surface area contributed by atoms with Gasteiger partial charge in [0.2, 0.25) is 0 Å². The summed E-state index contributed by atoms with van der Waals surface area (Å²) in [6.07, 6.45) is 8.79. The van der Waals surface area contributed by atoms with Crippen LogP contribution in [-0.2, 0) is 23.8 Å². The lowest BCUT2D eigenvalue weighted by Crippen LogP contribution is -2.13. The zero-order valence-corrected chi connectivity index (χ0v) is 13.2. The Kier molecular flexibility index (Phi) is 4.39. The molecule has 1 N–H and O–H groups in total. The van der Waals surface area contributed by atoms with Crippen LogP contribution in [0.4, 0.5) is 5.69 Å². The van der Waals surface area contributed by atoms with Crippen molar-refractivity contribution in [2.24, 2.45) is 0 Å². The zero-order chi connectivity index (χ0) is 14.7. The van der Waals surface area contributed by atoms with E-state index in [4.69, 9.17) is 0 Å². The van der Waals surface area contributed by atoms with E-state index in [0.29, 0.717) is 0 Å². The molecule has 1 aromatic carbocycles. The molecule has 0 bridgehead atoms. The third kappa shape index (κ3) is 3.18. The van der Waals surface area contributed by atoms with E-state index in [-0.39, 0.29) is 0 Å². The van der Waals surface area contributed by atoms with Crippen LogP contribution in [0.1, 0.15) is 18.4 Å². The summed E-state index contributed by atoms with van der Waals surface area (Å²) < 4.78 is 13.4. The molecule has 1 unspecified atom stereocenters. The maximum absolute atomic E-state index is 11.2.